The Labute approximate surface area is 115 Å². The van der Waals surface area contributed by atoms with Crippen molar-refractivity contribution in [1.82, 2.24) is 0 Å². The minimum atomic E-state index is -0.667. The summed E-state index contributed by atoms with van der Waals surface area (Å²) in [7, 11) is 0. The van der Waals surface area contributed by atoms with Crippen LogP contribution in [0.5, 0.6) is 0 Å². The van der Waals surface area contributed by atoms with E-state index in [0.29, 0.717) is 32.7 Å². The maximum atomic E-state index is 13.7. The third kappa shape index (κ3) is 2.47. The molecule has 2 fully saturated rings. The number of ether oxygens (including phenoxy) is 2. The highest BCUT2D eigenvalue weighted by Crippen LogP contribution is 2.37. The van der Waals surface area contributed by atoms with Crippen molar-refractivity contribution in [2.75, 3.05) is 19.8 Å². The molecule has 3 rings (SSSR count). The quantitative estimate of drug-likeness (QED) is 0.782. The largest absolute Gasteiger partial charge is 0.378 e. The molecule has 2 atom stereocenters. The Bertz CT molecular complexity index is 524. The molecule has 2 saturated heterocycles. The van der Waals surface area contributed by atoms with Crippen LogP contribution >= 0.6 is 0 Å². The van der Waals surface area contributed by atoms with Crippen LogP contribution < -0.4 is 0 Å². The Balaban J connectivity index is 1.81. The molecular weight excluding hydrogens is 266 g/mol. The second-order valence-electron chi connectivity index (χ2n) is 5.51. The summed E-state index contributed by atoms with van der Waals surface area (Å²) >= 11 is 0. The molecule has 3 nitrogen and oxygen atoms in total. The first-order valence-electron chi connectivity index (χ1n) is 6.81. The molecule has 108 valence electrons. The van der Waals surface area contributed by atoms with E-state index in [4.69, 9.17) is 9.47 Å². The summed E-state index contributed by atoms with van der Waals surface area (Å²) in [5, 5.41) is 0. The molecule has 2 aliphatic rings. The van der Waals surface area contributed by atoms with E-state index >= 15 is 0 Å². The summed E-state index contributed by atoms with van der Waals surface area (Å²) in [6, 6.07) is 2.99. The van der Waals surface area contributed by atoms with Gasteiger partial charge >= 0.3 is 0 Å². The van der Waals surface area contributed by atoms with Gasteiger partial charge in [-0.2, -0.15) is 0 Å². The molecule has 0 aromatic heterocycles. The Morgan fingerprint density at radius 2 is 2.15 bits per heavy atom. The van der Waals surface area contributed by atoms with Gasteiger partial charge in [-0.1, -0.05) is 0 Å². The first-order chi connectivity index (χ1) is 9.60. The molecule has 2 unspecified atom stereocenters. The van der Waals surface area contributed by atoms with Crippen LogP contribution in [0.1, 0.15) is 29.6 Å². The lowest BCUT2D eigenvalue weighted by Gasteiger charge is -2.36. The first-order valence-corrected chi connectivity index (χ1v) is 6.81. The van der Waals surface area contributed by atoms with Gasteiger partial charge in [-0.25, -0.2) is 8.78 Å². The van der Waals surface area contributed by atoms with E-state index < -0.39 is 17.2 Å². The number of benzene rings is 1. The number of rotatable bonds is 2. The van der Waals surface area contributed by atoms with Gasteiger partial charge in [-0.05, 0) is 31.0 Å². The van der Waals surface area contributed by atoms with Gasteiger partial charge in [-0.3, -0.25) is 4.79 Å². The van der Waals surface area contributed by atoms with E-state index in [-0.39, 0.29) is 17.3 Å². The zero-order valence-corrected chi connectivity index (χ0v) is 11.0. The lowest BCUT2D eigenvalue weighted by molar-refractivity contribution is -0.0921. The van der Waals surface area contributed by atoms with Gasteiger partial charge in [-0.15, -0.1) is 0 Å². The van der Waals surface area contributed by atoms with Crippen LogP contribution in [0.15, 0.2) is 18.2 Å². The fraction of sp³-hybridized carbons (Fsp3) is 0.533. The Hall–Kier alpha value is -1.33. The van der Waals surface area contributed by atoms with E-state index in [0.717, 1.165) is 24.6 Å². The van der Waals surface area contributed by atoms with E-state index in [1.807, 2.05) is 0 Å². The van der Waals surface area contributed by atoms with Crippen LogP contribution in [0.4, 0.5) is 8.78 Å². The van der Waals surface area contributed by atoms with Crippen LogP contribution in [0, 0.1) is 17.6 Å². The molecule has 0 radical (unpaired) electrons. The molecule has 0 aliphatic carbocycles. The molecule has 0 amide bonds. The van der Waals surface area contributed by atoms with Gasteiger partial charge in [0.1, 0.15) is 11.6 Å². The smallest absolute Gasteiger partial charge is 0.169 e. The summed E-state index contributed by atoms with van der Waals surface area (Å²) in [6.45, 7) is 1.55. The zero-order chi connectivity index (χ0) is 14.2. The van der Waals surface area contributed by atoms with Crippen molar-refractivity contribution in [2.45, 2.75) is 24.9 Å². The highest BCUT2D eigenvalue weighted by molar-refractivity contribution is 5.98. The van der Waals surface area contributed by atoms with Crippen LogP contribution in [0.2, 0.25) is 0 Å². The number of hydrogen-bond donors (Lipinski definition) is 0. The zero-order valence-electron chi connectivity index (χ0n) is 11.0. The second kappa shape index (κ2) is 5.22. The monoisotopic (exact) mass is 282 g/mol. The Kier molecular flexibility index (Phi) is 3.56. The second-order valence-corrected chi connectivity index (χ2v) is 5.51. The van der Waals surface area contributed by atoms with Crippen LogP contribution in [0.3, 0.4) is 0 Å². The molecule has 1 aromatic carbocycles. The topological polar surface area (TPSA) is 35.5 Å². The summed E-state index contributed by atoms with van der Waals surface area (Å²) in [5.74, 6) is -1.93. The number of halogens is 2. The molecule has 0 bridgehead atoms. The number of carbonyl (C=O) groups excluding carboxylic acids is 1. The third-order valence-electron chi connectivity index (χ3n) is 4.12. The van der Waals surface area contributed by atoms with Gasteiger partial charge in [0.15, 0.2) is 5.78 Å². The molecule has 5 heteroatoms. The summed E-state index contributed by atoms with van der Waals surface area (Å²) in [5.41, 5.74) is -0.575. The lowest BCUT2D eigenvalue weighted by Crippen LogP contribution is -2.42. The number of carbonyl (C=O) groups is 1. The molecular formula is C15H16F2O3. The van der Waals surface area contributed by atoms with E-state index in [2.05, 4.69) is 0 Å². The lowest BCUT2D eigenvalue weighted by atomic mass is 9.81. The summed E-state index contributed by atoms with van der Waals surface area (Å²) < 4.78 is 38.0. The standard InChI is InChI=1S/C15H16F2O3/c16-11-1-2-13(17)12(7-11)14(18)10-3-5-20-15(8-10)4-6-19-9-15/h1-2,7,10H,3-6,8-9H2. The summed E-state index contributed by atoms with van der Waals surface area (Å²) in [4.78, 5) is 12.4. The van der Waals surface area contributed by atoms with Gasteiger partial charge in [0.2, 0.25) is 0 Å². The number of Topliss-reactive ketones (excluding diaryl/α,β-unsaturated/α-hetero) is 1. The van der Waals surface area contributed by atoms with Gasteiger partial charge in [0.05, 0.1) is 17.8 Å². The minimum absolute atomic E-state index is 0.161. The fourth-order valence-corrected chi connectivity index (χ4v) is 3.02. The fourth-order valence-electron chi connectivity index (χ4n) is 3.02. The summed E-state index contributed by atoms with van der Waals surface area (Å²) in [6.07, 6.45) is 1.81. The van der Waals surface area contributed by atoms with Gasteiger partial charge in [0.25, 0.3) is 0 Å². The normalized spacial score (nSPS) is 29.8. The van der Waals surface area contributed by atoms with E-state index in [1.54, 1.807) is 0 Å². The van der Waals surface area contributed by atoms with Crippen LogP contribution in [0.25, 0.3) is 0 Å². The van der Waals surface area contributed by atoms with Crippen molar-refractivity contribution in [1.29, 1.82) is 0 Å². The van der Waals surface area contributed by atoms with Crippen molar-refractivity contribution in [3.8, 4) is 0 Å². The van der Waals surface area contributed by atoms with Crippen molar-refractivity contribution < 1.29 is 23.0 Å². The molecule has 20 heavy (non-hydrogen) atoms. The Morgan fingerprint density at radius 3 is 2.90 bits per heavy atom. The van der Waals surface area contributed by atoms with Crippen LogP contribution in [-0.2, 0) is 9.47 Å². The minimum Gasteiger partial charge on any atom is -0.378 e. The average Bonchev–Trinajstić information content (AvgIpc) is 2.88. The van der Waals surface area contributed by atoms with Crippen molar-refractivity contribution in [3.63, 3.8) is 0 Å². The first kappa shape index (κ1) is 13.6. The maximum absolute atomic E-state index is 13.7. The van der Waals surface area contributed by atoms with Gasteiger partial charge < -0.3 is 9.47 Å². The Morgan fingerprint density at radius 1 is 1.30 bits per heavy atom. The van der Waals surface area contributed by atoms with Crippen molar-refractivity contribution in [2.24, 2.45) is 5.92 Å². The number of ketones is 1. The molecule has 2 heterocycles. The SMILES string of the molecule is O=C(c1cc(F)ccc1F)C1CCOC2(CCOC2)C1. The molecule has 1 aromatic rings. The molecule has 0 N–H and O–H groups in total. The molecule has 0 saturated carbocycles. The maximum Gasteiger partial charge on any atom is 0.169 e. The highest BCUT2D eigenvalue weighted by Gasteiger charge is 2.43. The highest BCUT2D eigenvalue weighted by atomic mass is 19.1. The predicted molar refractivity (Wildman–Crippen MR) is 67.5 cm³/mol. The van der Waals surface area contributed by atoms with E-state index in [9.17, 15) is 13.6 Å². The third-order valence-corrected chi connectivity index (χ3v) is 4.12. The van der Waals surface area contributed by atoms with Crippen LogP contribution in [-0.4, -0.2) is 31.2 Å². The number of hydrogen-bond acceptors (Lipinski definition) is 3. The van der Waals surface area contributed by atoms with Crippen molar-refractivity contribution in [3.05, 3.63) is 35.4 Å². The molecule has 1 spiro atoms. The van der Waals surface area contributed by atoms with Gasteiger partial charge in [0, 0.05) is 25.6 Å². The van der Waals surface area contributed by atoms with E-state index in [1.165, 1.54) is 0 Å². The van der Waals surface area contributed by atoms with Crippen molar-refractivity contribution >= 4 is 5.78 Å². The molecule has 2 aliphatic heterocycles. The average molecular weight is 282 g/mol. The predicted octanol–water partition coefficient (Wildman–Crippen LogP) is 2.73.